The van der Waals surface area contributed by atoms with E-state index in [1.54, 1.807) is 0 Å². The van der Waals surface area contributed by atoms with Crippen molar-refractivity contribution in [3.63, 3.8) is 0 Å². The van der Waals surface area contributed by atoms with Gasteiger partial charge in [-0.1, -0.05) is 12.1 Å². The summed E-state index contributed by atoms with van der Waals surface area (Å²) in [6.45, 7) is 4.82. The summed E-state index contributed by atoms with van der Waals surface area (Å²) in [6, 6.07) is 13.1. The molecule has 1 aliphatic rings. The smallest absolute Gasteiger partial charge is 0.130 e. The summed E-state index contributed by atoms with van der Waals surface area (Å²) >= 11 is 3.63. The Kier molecular flexibility index (Phi) is 3.01. The van der Waals surface area contributed by atoms with Gasteiger partial charge in [-0.25, -0.2) is 0 Å². The van der Waals surface area contributed by atoms with Crippen LogP contribution in [0.15, 0.2) is 46.4 Å². The van der Waals surface area contributed by atoms with Crippen LogP contribution in [0.25, 0.3) is 20.9 Å². The molecule has 4 heteroatoms. The van der Waals surface area contributed by atoms with Crippen LogP contribution in [0.3, 0.4) is 0 Å². The molecule has 1 aromatic carbocycles. The topological polar surface area (TPSA) is 24.7 Å². The Bertz CT molecular complexity index is 870. The van der Waals surface area contributed by atoms with Crippen LogP contribution in [-0.2, 0) is 0 Å². The molecular formula is C17H14N2S2. The van der Waals surface area contributed by atoms with E-state index in [9.17, 15) is 0 Å². The van der Waals surface area contributed by atoms with Gasteiger partial charge in [-0.15, -0.1) is 22.7 Å². The number of benzene rings is 1. The zero-order valence-corrected chi connectivity index (χ0v) is 13.5. The summed E-state index contributed by atoms with van der Waals surface area (Å²) in [5.41, 5.74) is 2.42. The minimum Gasteiger partial charge on any atom is -0.259 e. The van der Waals surface area contributed by atoms with Crippen molar-refractivity contribution >= 4 is 22.7 Å². The first-order valence-electron chi connectivity index (χ1n) is 6.88. The molecule has 2 nitrogen and oxygen atoms in total. The van der Waals surface area contributed by atoms with Crippen molar-refractivity contribution in [3.05, 3.63) is 56.9 Å². The molecule has 1 aliphatic heterocycles. The van der Waals surface area contributed by atoms with E-state index >= 15 is 0 Å². The molecule has 4 rings (SSSR count). The van der Waals surface area contributed by atoms with Crippen molar-refractivity contribution < 1.29 is 0 Å². The van der Waals surface area contributed by atoms with Crippen LogP contribution in [0.4, 0.5) is 0 Å². The molecule has 0 radical (unpaired) electrons. The lowest BCUT2D eigenvalue weighted by Crippen LogP contribution is -2.25. The molecule has 0 saturated carbocycles. The Balaban J connectivity index is 1.96. The molecule has 2 aromatic heterocycles. The number of fused-ring (bicyclic) bond motifs is 1. The lowest BCUT2D eigenvalue weighted by molar-refractivity contribution is 1.06. The van der Waals surface area contributed by atoms with Gasteiger partial charge in [0.15, 0.2) is 0 Å². The molecule has 0 bridgehead atoms. The fraction of sp³-hybridized carbons (Fsp3) is 0.176. The van der Waals surface area contributed by atoms with Gasteiger partial charge in [-0.05, 0) is 38.1 Å². The highest BCUT2D eigenvalue weighted by molar-refractivity contribution is 7.15. The Morgan fingerprint density at radius 2 is 1.19 bits per heavy atom. The molecule has 0 spiro atoms. The van der Waals surface area contributed by atoms with Crippen LogP contribution in [-0.4, -0.2) is 6.67 Å². The van der Waals surface area contributed by atoms with Gasteiger partial charge in [0.1, 0.15) is 6.67 Å². The van der Waals surface area contributed by atoms with E-state index in [4.69, 9.17) is 0 Å². The van der Waals surface area contributed by atoms with E-state index in [0.29, 0.717) is 6.67 Å². The minimum atomic E-state index is 0.550. The average molecular weight is 310 g/mol. The highest BCUT2D eigenvalue weighted by Crippen LogP contribution is 2.28. The van der Waals surface area contributed by atoms with Crippen LogP contribution in [0.5, 0.6) is 0 Å². The van der Waals surface area contributed by atoms with Crippen LogP contribution in [0.2, 0.25) is 0 Å². The van der Waals surface area contributed by atoms with Crippen molar-refractivity contribution in [1.82, 2.24) is 0 Å². The second-order valence-electron chi connectivity index (χ2n) is 5.14. The monoisotopic (exact) mass is 310 g/mol. The molecule has 3 aromatic rings. The van der Waals surface area contributed by atoms with Gasteiger partial charge in [0.2, 0.25) is 0 Å². The highest BCUT2D eigenvalue weighted by Gasteiger charge is 2.13. The molecule has 0 saturated heterocycles. The van der Waals surface area contributed by atoms with E-state index in [1.165, 1.54) is 30.6 Å². The van der Waals surface area contributed by atoms with Crippen LogP contribution in [0.1, 0.15) is 9.75 Å². The quantitative estimate of drug-likeness (QED) is 0.684. The van der Waals surface area contributed by atoms with E-state index in [0.717, 1.165) is 10.7 Å². The van der Waals surface area contributed by atoms with E-state index in [2.05, 4.69) is 60.2 Å². The van der Waals surface area contributed by atoms with Gasteiger partial charge in [-0.2, -0.15) is 0 Å². The predicted molar refractivity (Wildman–Crippen MR) is 89.7 cm³/mol. The summed E-state index contributed by atoms with van der Waals surface area (Å²) in [7, 11) is 0. The third kappa shape index (κ3) is 2.15. The summed E-state index contributed by atoms with van der Waals surface area (Å²) < 4.78 is 0. The Morgan fingerprint density at radius 3 is 1.57 bits per heavy atom. The van der Waals surface area contributed by atoms with Crippen LogP contribution < -0.4 is 10.7 Å². The average Bonchev–Trinajstić information content (AvgIpc) is 3.18. The van der Waals surface area contributed by atoms with Crippen molar-refractivity contribution in [1.29, 1.82) is 0 Å². The van der Waals surface area contributed by atoms with E-state index in [1.807, 2.05) is 22.7 Å². The largest absolute Gasteiger partial charge is 0.259 e. The zero-order valence-electron chi connectivity index (χ0n) is 11.9. The lowest BCUT2D eigenvalue weighted by atomic mass is 10.1. The molecule has 0 atom stereocenters. The third-order valence-electron chi connectivity index (χ3n) is 3.62. The molecule has 0 aliphatic carbocycles. The van der Waals surface area contributed by atoms with Crippen LogP contribution in [0, 0.1) is 13.8 Å². The van der Waals surface area contributed by atoms with Crippen molar-refractivity contribution in [2.45, 2.75) is 13.8 Å². The van der Waals surface area contributed by atoms with Crippen molar-refractivity contribution in [2.24, 2.45) is 9.98 Å². The first-order valence-corrected chi connectivity index (χ1v) is 8.51. The lowest BCUT2D eigenvalue weighted by Gasteiger charge is -2.02. The maximum absolute atomic E-state index is 4.62. The maximum Gasteiger partial charge on any atom is 0.130 e. The van der Waals surface area contributed by atoms with Gasteiger partial charge in [0, 0.05) is 30.6 Å². The van der Waals surface area contributed by atoms with Crippen molar-refractivity contribution in [3.8, 4) is 20.9 Å². The number of thiophene rings is 2. The molecule has 0 fully saturated rings. The van der Waals surface area contributed by atoms with Crippen molar-refractivity contribution in [2.75, 3.05) is 6.67 Å². The van der Waals surface area contributed by atoms with Gasteiger partial charge in [0.25, 0.3) is 0 Å². The van der Waals surface area contributed by atoms with Gasteiger partial charge >= 0.3 is 0 Å². The number of nitrogens with zero attached hydrogens (tertiary/aromatic N) is 2. The number of hydrogen-bond acceptors (Lipinski definition) is 4. The fourth-order valence-electron chi connectivity index (χ4n) is 2.63. The number of hydrogen-bond donors (Lipinski definition) is 0. The standard InChI is InChI=1S/C17H14N2S2/c1-10-3-7-14(20-10)12-5-6-13(15-8-4-11(2)21-15)17-16(12)18-9-19-17/h3-8H,9H2,1-2H3. The van der Waals surface area contributed by atoms with Crippen LogP contribution >= 0.6 is 22.7 Å². The number of aryl methyl sites for hydroxylation is 2. The predicted octanol–water partition coefficient (Wildman–Crippen LogP) is 3.97. The molecule has 3 heterocycles. The highest BCUT2D eigenvalue weighted by atomic mass is 32.1. The first kappa shape index (κ1) is 12.9. The fourth-order valence-corrected chi connectivity index (χ4v) is 4.42. The molecule has 104 valence electrons. The molecular weight excluding hydrogens is 296 g/mol. The summed E-state index contributed by atoms with van der Waals surface area (Å²) in [5, 5.41) is 2.11. The molecule has 0 amide bonds. The van der Waals surface area contributed by atoms with Gasteiger partial charge in [-0.3, -0.25) is 9.98 Å². The molecule has 21 heavy (non-hydrogen) atoms. The van der Waals surface area contributed by atoms with Gasteiger partial charge < -0.3 is 0 Å². The summed E-state index contributed by atoms with van der Waals surface area (Å²) in [4.78, 5) is 14.4. The first-order chi connectivity index (χ1) is 10.2. The Morgan fingerprint density at radius 1 is 0.714 bits per heavy atom. The second kappa shape index (κ2) is 4.90. The molecule has 0 N–H and O–H groups in total. The van der Waals surface area contributed by atoms with E-state index in [-0.39, 0.29) is 0 Å². The van der Waals surface area contributed by atoms with E-state index < -0.39 is 0 Å². The SMILES string of the molecule is Cc1ccc(-c2ccc(-c3ccc(C)s3)c3c2=NCN=3)s1. The van der Waals surface area contributed by atoms with Gasteiger partial charge in [0.05, 0.1) is 10.7 Å². The maximum atomic E-state index is 4.62. The second-order valence-corrected chi connectivity index (χ2v) is 7.71. The minimum absolute atomic E-state index is 0.550. The Labute approximate surface area is 131 Å². The zero-order chi connectivity index (χ0) is 14.4. The summed E-state index contributed by atoms with van der Waals surface area (Å²) in [6.07, 6.45) is 0. The molecule has 0 unspecified atom stereocenters. The third-order valence-corrected chi connectivity index (χ3v) is 5.69. The Hall–Kier alpha value is -1.78. The normalized spacial score (nSPS) is 12.9. The summed E-state index contributed by atoms with van der Waals surface area (Å²) in [5.74, 6) is 0. The number of rotatable bonds is 2.